The molecule has 0 aliphatic heterocycles. The van der Waals surface area contributed by atoms with E-state index in [1.807, 2.05) is 67.6 Å². The average Bonchev–Trinajstić information content (AvgIpc) is 3.20. The molecule has 0 spiro atoms. The zero-order valence-electron chi connectivity index (χ0n) is 18.3. The second-order valence-corrected chi connectivity index (χ2v) is 8.54. The molecule has 8 heteroatoms. The lowest BCUT2D eigenvalue weighted by Gasteiger charge is -2.13. The summed E-state index contributed by atoms with van der Waals surface area (Å²) in [5.41, 5.74) is 2.96. The number of aryl methyl sites for hydroxylation is 1. The Morgan fingerprint density at radius 1 is 1.00 bits per heavy atom. The summed E-state index contributed by atoms with van der Waals surface area (Å²) >= 11 is 7.68. The van der Waals surface area contributed by atoms with Crippen molar-refractivity contribution in [2.75, 3.05) is 7.11 Å². The average molecular weight is 479 g/mol. The number of thioether (sulfide) groups is 1. The monoisotopic (exact) mass is 478 g/mol. The van der Waals surface area contributed by atoms with Crippen LogP contribution in [0, 0.1) is 6.92 Å². The largest absolute Gasteiger partial charge is 0.493 e. The molecule has 0 saturated heterocycles. The van der Waals surface area contributed by atoms with E-state index in [0.29, 0.717) is 29.0 Å². The number of hydrogen-bond acceptors (Lipinski definition) is 6. The summed E-state index contributed by atoms with van der Waals surface area (Å²) < 4.78 is 13.4. The Morgan fingerprint density at radius 3 is 2.58 bits per heavy atom. The summed E-state index contributed by atoms with van der Waals surface area (Å²) in [6.45, 7) is 2.23. The summed E-state index contributed by atoms with van der Waals surface area (Å²) in [7, 11) is 1.62. The van der Waals surface area contributed by atoms with Gasteiger partial charge in [-0.25, -0.2) is 0 Å². The zero-order valence-corrected chi connectivity index (χ0v) is 19.9. The van der Waals surface area contributed by atoms with E-state index in [4.69, 9.17) is 21.1 Å². The van der Waals surface area contributed by atoms with Crippen LogP contribution in [0.3, 0.4) is 0 Å². The maximum absolute atomic E-state index is 6.12. The lowest BCUT2D eigenvalue weighted by atomic mass is 10.2. The molecular formula is C25H23ClN4O2S. The van der Waals surface area contributed by atoms with Crippen molar-refractivity contribution >= 4 is 29.6 Å². The molecule has 4 rings (SSSR count). The fourth-order valence-corrected chi connectivity index (χ4v) is 4.24. The topological polar surface area (TPSA) is 61.5 Å². The SMILES string of the molecule is COc1cccc(/C=N/n2c(C)nnc2SCc2ccccc2)c1OCc1cccc(Cl)c1. The molecule has 3 aromatic carbocycles. The smallest absolute Gasteiger partial charge is 0.212 e. The number of aromatic nitrogens is 3. The fourth-order valence-electron chi connectivity index (χ4n) is 3.14. The van der Waals surface area contributed by atoms with Crippen molar-refractivity contribution in [2.24, 2.45) is 5.10 Å². The highest BCUT2D eigenvalue weighted by molar-refractivity contribution is 7.98. The Hall–Kier alpha value is -3.29. The summed E-state index contributed by atoms with van der Waals surface area (Å²) in [5, 5.41) is 14.5. The molecule has 168 valence electrons. The van der Waals surface area contributed by atoms with Crippen molar-refractivity contribution in [3.05, 3.63) is 100 Å². The summed E-state index contributed by atoms with van der Waals surface area (Å²) in [6.07, 6.45) is 1.73. The molecule has 0 N–H and O–H groups in total. The number of ether oxygens (including phenoxy) is 2. The molecule has 0 unspecified atom stereocenters. The van der Waals surface area contributed by atoms with Crippen LogP contribution in [0.4, 0.5) is 0 Å². The van der Waals surface area contributed by atoms with Gasteiger partial charge in [0.2, 0.25) is 5.16 Å². The Balaban J connectivity index is 1.55. The van der Waals surface area contributed by atoms with Crippen molar-refractivity contribution in [2.45, 2.75) is 24.4 Å². The summed E-state index contributed by atoms with van der Waals surface area (Å²) in [6, 6.07) is 23.5. The predicted octanol–water partition coefficient (Wildman–Crippen LogP) is 6.00. The molecule has 1 aromatic heterocycles. The fraction of sp³-hybridized carbons (Fsp3) is 0.160. The van der Waals surface area contributed by atoms with Crippen molar-refractivity contribution in [3.8, 4) is 11.5 Å². The molecule has 4 aromatic rings. The van der Waals surface area contributed by atoms with Crippen LogP contribution in [0.5, 0.6) is 11.5 Å². The molecule has 0 aliphatic carbocycles. The van der Waals surface area contributed by atoms with E-state index in [2.05, 4.69) is 27.4 Å². The molecule has 33 heavy (non-hydrogen) atoms. The van der Waals surface area contributed by atoms with Gasteiger partial charge in [-0.05, 0) is 42.3 Å². The van der Waals surface area contributed by atoms with Crippen LogP contribution in [0.15, 0.2) is 83.1 Å². The van der Waals surface area contributed by atoms with Gasteiger partial charge in [0.25, 0.3) is 0 Å². The number of hydrogen-bond donors (Lipinski definition) is 0. The van der Waals surface area contributed by atoms with E-state index in [-0.39, 0.29) is 0 Å². The van der Waals surface area contributed by atoms with Gasteiger partial charge in [-0.3, -0.25) is 0 Å². The summed E-state index contributed by atoms with van der Waals surface area (Å²) in [4.78, 5) is 0. The van der Waals surface area contributed by atoms with Gasteiger partial charge in [-0.2, -0.15) is 9.78 Å². The minimum atomic E-state index is 0.353. The standard InChI is InChI=1S/C25H23ClN4O2S/c1-18-28-29-25(33-17-19-8-4-3-5-9-19)30(18)27-15-21-11-7-13-23(31-2)24(21)32-16-20-10-6-12-22(26)14-20/h3-15H,16-17H2,1-2H3/b27-15+. The van der Waals surface area contributed by atoms with Gasteiger partial charge in [0, 0.05) is 16.3 Å². The highest BCUT2D eigenvalue weighted by Crippen LogP contribution is 2.31. The Morgan fingerprint density at radius 2 is 1.79 bits per heavy atom. The van der Waals surface area contributed by atoms with Crippen LogP contribution in [0.2, 0.25) is 5.02 Å². The van der Waals surface area contributed by atoms with Gasteiger partial charge in [-0.1, -0.05) is 71.9 Å². The van der Waals surface area contributed by atoms with E-state index < -0.39 is 0 Å². The Bertz CT molecular complexity index is 1240. The second-order valence-electron chi connectivity index (χ2n) is 7.16. The number of benzene rings is 3. The molecule has 0 aliphatic rings. The Labute approximate surface area is 202 Å². The van der Waals surface area contributed by atoms with Crippen LogP contribution >= 0.6 is 23.4 Å². The number of nitrogens with zero attached hydrogens (tertiary/aromatic N) is 4. The van der Waals surface area contributed by atoms with Crippen molar-refractivity contribution in [1.82, 2.24) is 14.9 Å². The molecule has 0 radical (unpaired) electrons. The molecule has 0 fully saturated rings. The van der Waals surface area contributed by atoms with E-state index in [9.17, 15) is 0 Å². The number of para-hydroxylation sites is 1. The molecule has 0 bridgehead atoms. The normalized spacial score (nSPS) is 11.1. The number of rotatable bonds is 9. The Kier molecular flexibility index (Phi) is 7.65. The maximum atomic E-state index is 6.12. The van der Waals surface area contributed by atoms with Crippen molar-refractivity contribution in [3.63, 3.8) is 0 Å². The van der Waals surface area contributed by atoms with Crippen molar-refractivity contribution in [1.29, 1.82) is 0 Å². The van der Waals surface area contributed by atoms with Crippen LogP contribution in [0.1, 0.15) is 22.5 Å². The highest BCUT2D eigenvalue weighted by atomic mass is 35.5. The van der Waals surface area contributed by atoms with Crippen molar-refractivity contribution < 1.29 is 9.47 Å². The molecule has 0 amide bonds. The van der Waals surface area contributed by atoms with Gasteiger partial charge in [0.15, 0.2) is 17.3 Å². The van der Waals surface area contributed by atoms with Gasteiger partial charge in [0.1, 0.15) is 6.61 Å². The second kappa shape index (κ2) is 11.0. The minimum absolute atomic E-state index is 0.353. The molecule has 6 nitrogen and oxygen atoms in total. The summed E-state index contributed by atoms with van der Waals surface area (Å²) in [5.74, 6) is 2.71. The molecular weight excluding hydrogens is 456 g/mol. The minimum Gasteiger partial charge on any atom is -0.493 e. The first kappa shape index (κ1) is 22.9. The van der Waals surface area contributed by atoms with Gasteiger partial charge in [-0.15, -0.1) is 10.2 Å². The first-order valence-corrected chi connectivity index (χ1v) is 11.7. The highest BCUT2D eigenvalue weighted by Gasteiger charge is 2.12. The van der Waals surface area contributed by atoms with Gasteiger partial charge >= 0.3 is 0 Å². The third-order valence-corrected chi connectivity index (χ3v) is 6.02. The quantitative estimate of drug-likeness (QED) is 0.218. The first-order chi connectivity index (χ1) is 16.1. The third kappa shape index (κ3) is 5.94. The number of methoxy groups -OCH3 is 1. The van der Waals surface area contributed by atoms with Crippen LogP contribution in [0.25, 0.3) is 0 Å². The van der Waals surface area contributed by atoms with Crippen LogP contribution < -0.4 is 9.47 Å². The first-order valence-electron chi connectivity index (χ1n) is 10.3. The maximum Gasteiger partial charge on any atom is 0.212 e. The van der Waals surface area contributed by atoms with Gasteiger partial charge < -0.3 is 9.47 Å². The lowest BCUT2D eigenvalue weighted by Crippen LogP contribution is -2.02. The van der Waals surface area contributed by atoms with E-state index >= 15 is 0 Å². The van der Waals surface area contributed by atoms with Crippen LogP contribution in [-0.4, -0.2) is 28.2 Å². The van der Waals surface area contributed by atoms with Crippen LogP contribution in [-0.2, 0) is 12.4 Å². The third-order valence-electron chi connectivity index (χ3n) is 4.79. The molecule has 0 atom stereocenters. The lowest BCUT2D eigenvalue weighted by molar-refractivity contribution is 0.284. The molecule has 0 saturated carbocycles. The van der Waals surface area contributed by atoms with E-state index in [1.165, 1.54) is 5.56 Å². The van der Waals surface area contributed by atoms with E-state index in [0.717, 1.165) is 22.0 Å². The van der Waals surface area contributed by atoms with E-state index in [1.54, 1.807) is 29.8 Å². The van der Waals surface area contributed by atoms with Gasteiger partial charge in [0.05, 0.1) is 13.3 Å². The molecule has 1 heterocycles. The zero-order chi connectivity index (χ0) is 23.0. The number of halogens is 1. The predicted molar refractivity (Wildman–Crippen MR) is 133 cm³/mol.